The van der Waals surface area contributed by atoms with Gasteiger partial charge in [0.25, 0.3) is 0 Å². The highest BCUT2D eigenvalue weighted by molar-refractivity contribution is 5.95. The lowest BCUT2D eigenvalue weighted by Gasteiger charge is -2.18. The minimum Gasteiger partial charge on any atom is -0.408 e. The van der Waals surface area contributed by atoms with Crippen LogP contribution < -0.4 is 16.4 Å². The van der Waals surface area contributed by atoms with Crippen LogP contribution in [-0.4, -0.2) is 26.7 Å². The number of carbonyl (C=O) groups excluding carboxylic acids is 1. The van der Waals surface area contributed by atoms with E-state index < -0.39 is 11.8 Å². The number of carbonyl (C=O) groups is 1. The number of hydrogen-bond donors (Lipinski definition) is 3. The molecule has 0 saturated carbocycles. The number of benzene rings is 1. The molecule has 8 nitrogen and oxygen atoms in total. The van der Waals surface area contributed by atoms with Crippen LogP contribution in [0.15, 0.2) is 39.7 Å². The van der Waals surface area contributed by atoms with Crippen LogP contribution in [0.1, 0.15) is 33.2 Å². The second-order valence-corrected chi connectivity index (χ2v) is 6.00. The van der Waals surface area contributed by atoms with Crippen molar-refractivity contribution in [1.82, 2.24) is 14.8 Å². The van der Waals surface area contributed by atoms with Crippen LogP contribution in [0.5, 0.6) is 0 Å². The minimum absolute atomic E-state index is 0.175. The molecule has 0 aliphatic heterocycles. The number of H-pyrrole nitrogens is 1. The summed E-state index contributed by atoms with van der Waals surface area (Å²) in [5, 5.41) is 10.3. The van der Waals surface area contributed by atoms with Crippen LogP contribution in [0, 0.1) is 0 Å². The Hall–Kier alpha value is -3.03. The number of oxazole rings is 1. The average Bonchev–Trinajstić information content (AvgIpc) is 3.19. The van der Waals surface area contributed by atoms with Crippen molar-refractivity contribution in [1.29, 1.82) is 0 Å². The Labute approximate surface area is 144 Å². The number of hydrogen-bond acceptors (Lipinski definition) is 5. The molecular weight excluding hydrogens is 322 g/mol. The van der Waals surface area contributed by atoms with Gasteiger partial charge in [-0.3, -0.25) is 9.78 Å². The lowest BCUT2D eigenvalue weighted by Crippen LogP contribution is -2.32. The van der Waals surface area contributed by atoms with E-state index in [1.807, 2.05) is 6.92 Å². The quantitative estimate of drug-likeness (QED) is 0.638. The summed E-state index contributed by atoms with van der Waals surface area (Å²) in [6.07, 6.45) is 2.59. The second-order valence-electron chi connectivity index (χ2n) is 6.00. The van der Waals surface area contributed by atoms with Crippen LogP contribution in [0.2, 0.25) is 0 Å². The van der Waals surface area contributed by atoms with E-state index in [2.05, 4.69) is 27.6 Å². The predicted molar refractivity (Wildman–Crippen MR) is 95.8 cm³/mol. The molecule has 1 aromatic carbocycles. The third kappa shape index (κ3) is 3.57. The van der Waals surface area contributed by atoms with Crippen molar-refractivity contribution in [2.75, 3.05) is 10.6 Å². The topological polar surface area (TPSA) is 105 Å². The van der Waals surface area contributed by atoms with Gasteiger partial charge in [0.2, 0.25) is 5.91 Å². The van der Waals surface area contributed by atoms with Gasteiger partial charge < -0.3 is 15.1 Å². The molecule has 2 atom stereocenters. The monoisotopic (exact) mass is 343 g/mol. The van der Waals surface area contributed by atoms with E-state index in [9.17, 15) is 9.59 Å². The first-order valence-corrected chi connectivity index (χ1v) is 8.21. The molecule has 0 unspecified atom stereocenters. The lowest BCUT2D eigenvalue weighted by atomic mass is 10.2. The molecule has 0 aliphatic carbocycles. The van der Waals surface area contributed by atoms with Crippen LogP contribution in [0.25, 0.3) is 11.1 Å². The number of rotatable bonds is 6. The van der Waals surface area contributed by atoms with Gasteiger partial charge in [0, 0.05) is 11.8 Å². The van der Waals surface area contributed by atoms with Crippen molar-refractivity contribution in [3.63, 3.8) is 0 Å². The van der Waals surface area contributed by atoms with Crippen molar-refractivity contribution < 1.29 is 9.21 Å². The molecule has 3 aromatic rings. The molecule has 0 aliphatic rings. The first-order valence-electron chi connectivity index (χ1n) is 8.21. The van der Waals surface area contributed by atoms with Gasteiger partial charge in [0.15, 0.2) is 5.58 Å². The zero-order valence-electron chi connectivity index (χ0n) is 14.4. The van der Waals surface area contributed by atoms with E-state index in [1.54, 1.807) is 42.1 Å². The van der Waals surface area contributed by atoms with E-state index in [1.165, 1.54) is 0 Å². The Morgan fingerprint density at radius 2 is 2.16 bits per heavy atom. The average molecular weight is 343 g/mol. The Morgan fingerprint density at radius 1 is 1.36 bits per heavy atom. The number of anilines is 2. The van der Waals surface area contributed by atoms with E-state index in [-0.39, 0.29) is 11.9 Å². The van der Waals surface area contributed by atoms with Crippen LogP contribution in [0.3, 0.4) is 0 Å². The number of aromatic nitrogens is 3. The largest absolute Gasteiger partial charge is 0.417 e. The normalized spacial score (nSPS) is 13.6. The van der Waals surface area contributed by atoms with Crippen molar-refractivity contribution in [2.45, 2.75) is 39.3 Å². The van der Waals surface area contributed by atoms with Gasteiger partial charge in [-0.1, -0.05) is 6.92 Å². The fraction of sp³-hybridized carbons (Fsp3) is 0.353. The molecule has 0 fully saturated rings. The Kier molecular flexibility index (Phi) is 4.60. The summed E-state index contributed by atoms with van der Waals surface area (Å²) < 4.78 is 6.76. The molecule has 0 saturated heterocycles. The lowest BCUT2D eigenvalue weighted by molar-refractivity contribution is -0.116. The molecule has 8 heteroatoms. The molecule has 2 heterocycles. The van der Waals surface area contributed by atoms with Crippen LogP contribution in [0.4, 0.5) is 11.5 Å². The molecule has 3 rings (SSSR count). The molecule has 1 amide bonds. The number of aromatic amines is 1. The predicted octanol–water partition coefficient (Wildman–Crippen LogP) is 2.73. The SMILES string of the molecule is CC[C@@H](C)n1nccc1NC(=O)[C@H](C)Nc1ccc2oc(=O)[nH]c2c1. The van der Waals surface area contributed by atoms with Crippen molar-refractivity contribution >= 4 is 28.5 Å². The van der Waals surface area contributed by atoms with Crippen molar-refractivity contribution in [3.8, 4) is 0 Å². The summed E-state index contributed by atoms with van der Waals surface area (Å²) in [7, 11) is 0. The zero-order chi connectivity index (χ0) is 18.0. The zero-order valence-corrected chi connectivity index (χ0v) is 14.4. The molecular formula is C17H21N5O3. The summed E-state index contributed by atoms with van der Waals surface area (Å²) in [5.41, 5.74) is 1.77. The third-order valence-electron chi connectivity index (χ3n) is 4.13. The van der Waals surface area contributed by atoms with Gasteiger partial charge in [0.1, 0.15) is 11.9 Å². The fourth-order valence-corrected chi connectivity index (χ4v) is 2.53. The first-order chi connectivity index (χ1) is 12.0. The number of nitrogens with one attached hydrogen (secondary N) is 3. The summed E-state index contributed by atoms with van der Waals surface area (Å²) in [6, 6.07) is 6.67. The van der Waals surface area contributed by atoms with Crippen LogP contribution in [-0.2, 0) is 4.79 Å². The second kappa shape index (κ2) is 6.84. The van der Waals surface area contributed by atoms with Gasteiger partial charge in [-0.15, -0.1) is 0 Å². The maximum absolute atomic E-state index is 12.5. The molecule has 0 spiro atoms. The van der Waals surface area contributed by atoms with E-state index in [0.717, 1.165) is 6.42 Å². The molecule has 0 bridgehead atoms. The van der Waals surface area contributed by atoms with E-state index >= 15 is 0 Å². The fourth-order valence-electron chi connectivity index (χ4n) is 2.53. The maximum atomic E-state index is 12.5. The Morgan fingerprint density at radius 3 is 2.92 bits per heavy atom. The Bertz CT molecular complexity index is 939. The van der Waals surface area contributed by atoms with E-state index in [0.29, 0.717) is 22.6 Å². The van der Waals surface area contributed by atoms with Gasteiger partial charge >= 0.3 is 5.76 Å². The molecule has 25 heavy (non-hydrogen) atoms. The van der Waals surface area contributed by atoms with Gasteiger partial charge in [-0.05, 0) is 38.5 Å². The summed E-state index contributed by atoms with van der Waals surface area (Å²) in [5.74, 6) is -0.00954. The summed E-state index contributed by atoms with van der Waals surface area (Å²) >= 11 is 0. The number of nitrogens with zero attached hydrogens (tertiary/aromatic N) is 2. The molecule has 132 valence electrons. The maximum Gasteiger partial charge on any atom is 0.417 e. The van der Waals surface area contributed by atoms with Crippen LogP contribution >= 0.6 is 0 Å². The molecule has 0 radical (unpaired) electrons. The standard InChI is InChI=1S/C17H21N5O3/c1-4-10(2)22-15(7-8-18-22)21-16(23)11(3)19-12-5-6-14-13(9-12)20-17(24)25-14/h5-11,19H,4H2,1-3H3,(H,20,24)(H,21,23)/t10-,11+/m1/s1. The van der Waals surface area contributed by atoms with Crippen molar-refractivity contribution in [2.24, 2.45) is 0 Å². The highest BCUT2D eigenvalue weighted by Crippen LogP contribution is 2.19. The first kappa shape index (κ1) is 16.8. The molecule has 3 N–H and O–H groups in total. The van der Waals surface area contributed by atoms with Crippen molar-refractivity contribution in [3.05, 3.63) is 41.0 Å². The highest BCUT2D eigenvalue weighted by atomic mass is 16.4. The van der Waals surface area contributed by atoms with E-state index in [4.69, 9.17) is 4.42 Å². The molecule has 2 aromatic heterocycles. The summed E-state index contributed by atoms with van der Waals surface area (Å²) in [6.45, 7) is 5.88. The minimum atomic E-state index is -0.503. The number of fused-ring (bicyclic) bond motifs is 1. The third-order valence-corrected chi connectivity index (χ3v) is 4.13. The smallest absolute Gasteiger partial charge is 0.408 e. The van der Waals surface area contributed by atoms with Gasteiger partial charge in [0.05, 0.1) is 17.8 Å². The Balaban J connectivity index is 1.69. The van der Waals surface area contributed by atoms with Gasteiger partial charge in [-0.2, -0.15) is 5.10 Å². The highest BCUT2D eigenvalue weighted by Gasteiger charge is 2.16. The number of amides is 1. The van der Waals surface area contributed by atoms with Gasteiger partial charge in [-0.25, -0.2) is 9.48 Å². The summed E-state index contributed by atoms with van der Waals surface area (Å²) in [4.78, 5) is 26.2.